The third-order valence-electron chi connectivity index (χ3n) is 3.96. The van der Waals surface area contributed by atoms with Crippen molar-refractivity contribution in [1.29, 1.82) is 0 Å². The summed E-state index contributed by atoms with van der Waals surface area (Å²) in [6.07, 6.45) is 1.36. The number of carbonyl (C=O) groups excluding carboxylic acids is 3. The lowest BCUT2D eigenvalue weighted by Gasteiger charge is -2.17. The highest BCUT2D eigenvalue weighted by Crippen LogP contribution is 2.18. The summed E-state index contributed by atoms with van der Waals surface area (Å²) in [6.45, 7) is 3.72. The van der Waals surface area contributed by atoms with E-state index < -0.39 is 23.9 Å². The highest BCUT2D eigenvalue weighted by atomic mass is 19.1. The smallest absolute Gasteiger partial charge is 0.328 e. The molecule has 0 saturated heterocycles. The molecule has 7 nitrogen and oxygen atoms in total. The number of nitrogens with one attached hydrogen (secondary N) is 1. The summed E-state index contributed by atoms with van der Waals surface area (Å²) < 4.78 is 23.2. The van der Waals surface area contributed by atoms with E-state index in [0.29, 0.717) is 11.3 Å². The Labute approximate surface area is 168 Å². The zero-order valence-corrected chi connectivity index (χ0v) is 16.3. The van der Waals surface area contributed by atoms with E-state index in [-0.39, 0.29) is 37.4 Å². The molecule has 29 heavy (non-hydrogen) atoms. The van der Waals surface area contributed by atoms with Crippen LogP contribution in [0.15, 0.2) is 42.6 Å². The van der Waals surface area contributed by atoms with E-state index in [4.69, 9.17) is 9.47 Å². The minimum absolute atomic E-state index is 0.0334. The predicted molar refractivity (Wildman–Crippen MR) is 103 cm³/mol. The molecule has 2 aromatic rings. The summed E-state index contributed by atoms with van der Waals surface area (Å²) in [7, 11) is 0. The molecule has 0 unspecified atom stereocenters. The van der Waals surface area contributed by atoms with E-state index in [2.05, 4.69) is 10.3 Å². The number of benzene rings is 1. The lowest BCUT2D eigenvalue weighted by molar-refractivity contribution is -0.146. The Hall–Kier alpha value is -3.29. The van der Waals surface area contributed by atoms with Crippen molar-refractivity contribution in [1.82, 2.24) is 10.3 Å². The van der Waals surface area contributed by atoms with Gasteiger partial charge in [0, 0.05) is 18.2 Å². The number of halogens is 1. The number of hydrogen-bond acceptors (Lipinski definition) is 6. The number of rotatable bonds is 9. The quantitative estimate of drug-likeness (QED) is 0.648. The van der Waals surface area contributed by atoms with Gasteiger partial charge in [0.25, 0.3) is 5.91 Å². The van der Waals surface area contributed by atoms with Crippen molar-refractivity contribution in [3.63, 3.8) is 0 Å². The standard InChI is InChI=1S/C21H23FN2O5/c1-3-28-19(25)11-10-18(21(27)29-4-2)24-20(26)15-8-9-17(23-13-15)14-6-5-7-16(22)12-14/h5-9,12-13,18H,3-4,10-11H2,1-2H3,(H,24,26)/t18-/m1/s1. The van der Waals surface area contributed by atoms with Crippen LogP contribution >= 0.6 is 0 Å². The van der Waals surface area contributed by atoms with Crippen LogP contribution in [0.25, 0.3) is 11.3 Å². The summed E-state index contributed by atoms with van der Waals surface area (Å²) in [5.74, 6) is -2.01. The lowest BCUT2D eigenvalue weighted by Crippen LogP contribution is -2.42. The minimum atomic E-state index is -0.991. The van der Waals surface area contributed by atoms with Gasteiger partial charge < -0.3 is 14.8 Å². The SMILES string of the molecule is CCOC(=O)CC[C@@H](NC(=O)c1ccc(-c2cccc(F)c2)nc1)C(=O)OCC. The molecule has 1 amide bonds. The highest BCUT2D eigenvalue weighted by Gasteiger charge is 2.24. The molecule has 1 heterocycles. The normalized spacial score (nSPS) is 11.4. The first-order valence-electron chi connectivity index (χ1n) is 9.29. The molecule has 0 bridgehead atoms. The van der Waals surface area contributed by atoms with Crippen molar-refractivity contribution in [2.24, 2.45) is 0 Å². The first kappa shape index (κ1) is 22.0. The zero-order valence-electron chi connectivity index (χ0n) is 16.3. The number of nitrogens with zero attached hydrogens (tertiary/aromatic N) is 1. The van der Waals surface area contributed by atoms with Gasteiger partial charge in [-0.1, -0.05) is 12.1 Å². The van der Waals surface area contributed by atoms with Crippen LogP contribution in [-0.2, 0) is 19.1 Å². The fraction of sp³-hybridized carbons (Fsp3) is 0.333. The molecule has 154 valence electrons. The van der Waals surface area contributed by atoms with Crippen molar-refractivity contribution in [2.45, 2.75) is 32.7 Å². The molecule has 0 saturated carbocycles. The van der Waals surface area contributed by atoms with Crippen molar-refractivity contribution in [2.75, 3.05) is 13.2 Å². The molecule has 0 radical (unpaired) electrons. The molecule has 1 atom stereocenters. The number of pyridine rings is 1. The van der Waals surface area contributed by atoms with Gasteiger partial charge in [-0.3, -0.25) is 14.6 Å². The molecule has 0 spiro atoms. The maximum absolute atomic E-state index is 13.4. The Morgan fingerprint density at radius 1 is 1.10 bits per heavy atom. The lowest BCUT2D eigenvalue weighted by atomic mass is 10.1. The summed E-state index contributed by atoms with van der Waals surface area (Å²) in [6, 6.07) is 8.07. The molecule has 1 aromatic heterocycles. The summed E-state index contributed by atoms with van der Waals surface area (Å²) in [5.41, 5.74) is 1.30. The largest absolute Gasteiger partial charge is 0.466 e. The molecule has 1 N–H and O–H groups in total. The van der Waals surface area contributed by atoms with Crippen LogP contribution in [0.5, 0.6) is 0 Å². The zero-order chi connectivity index (χ0) is 21.2. The number of esters is 2. The monoisotopic (exact) mass is 402 g/mol. The summed E-state index contributed by atoms with van der Waals surface area (Å²) in [5, 5.41) is 2.56. The Bertz CT molecular complexity index is 854. The van der Waals surface area contributed by atoms with Crippen molar-refractivity contribution >= 4 is 17.8 Å². The predicted octanol–water partition coefficient (Wildman–Crippen LogP) is 2.89. The van der Waals surface area contributed by atoms with E-state index in [1.807, 2.05) is 0 Å². The number of aromatic nitrogens is 1. The van der Waals surface area contributed by atoms with Gasteiger partial charge in [-0.25, -0.2) is 9.18 Å². The maximum Gasteiger partial charge on any atom is 0.328 e. The van der Waals surface area contributed by atoms with Crippen LogP contribution in [0, 0.1) is 5.82 Å². The van der Waals surface area contributed by atoms with Crippen molar-refractivity contribution in [3.8, 4) is 11.3 Å². The number of carbonyl (C=O) groups is 3. The molecule has 0 fully saturated rings. The van der Waals surface area contributed by atoms with Gasteiger partial charge in [-0.15, -0.1) is 0 Å². The van der Waals surface area contributed by atoms with Crippen molar-refractivity contribution < 1.29 is 28.2 Å². The highest BCUT2D eigenvalue weighted by molar-refractivity contribution is 5.96. The van der Waals surface area contributed by atoms with Gasteiger partial charge in [0.05, 0.1) is 24.5 Å². The Balaban J connectivity index is 2.07. The van der Waals surface area contributed by atoms with Crippen LogP contribution in [0.3, 0.4) is 0 Å². The maximum atomic E-state index is 13.4. The molecule has 1 aromatic carbocycles. The summed E-state index contributed by atoms with van der Waals surface area (Å²) >= 11 is 0. The third-order valence-corrected chi connectivity index (χ3v) is 3.96. The average molecular weight is 402 g/mol. The molecular weight excluding hydrogens is 379 g/mol. The van der Waals surface area contributed by atoms with Crippen LogP contribution < -0.4 is 5.32 Å². The van der Waals surface area contributed by atoms with E-state index in [0.717, 1.165) is 0 Å². The number of amides is 1. The van der Waals surface area contributed by atoms with Gasteiger partial charge in [-0.05, 0) is 44.5 Å². The van der Waals surface area contributed by atoms with Crippen LogP contribution in [-0.4, -0.2) is 42.1 Å². The Morgan fingerprint density at radius 2 is 1.86 bits per heavy atom. The second kappa shape index (κ2) is 10.9. The fourth-order valence-corrected chi connectivity index (χ4v) is 2.58. The molecule has 0 aliphatic rings. The van der Waals surface area contributed by atoms with E-state index in [1.54, 1.807) is 32.0 Å². The van der Waals surface area contributed by atoms with E-state index >= 15 is 0 Å². The Kier molecular flexibility index (Phi) is 8.27. The first-order valence-corrected chi connectivity index (χ1v) is 9.29. The third kappa shape index (κ3) is 6.67. The van der Waals surface area contributed by atoms with Crippen LogP contribution in [0.1, 0.15) is 37.0 Å². The molecular formula is C21H23FN2O5. The second-order valence-electron chi connectivity index (χ2n) is 6.06. The second-order valence-corrected chi connectivity index (χ2v) is 6.06. The first-order chi connectivity index (χ1) is 13.9. The average Bonchev–Trinajstić information content (AvgIpc) is 2.71. The van der Waals surface area contributed by atoms with Gasteiger partial charge in [0.1, 0.15) is 11.9 Å². The Morgan fingerprint density at radius 3 is 2.48 bits per heavy atom. The van der Waals surface area contributed by atoms with E-state index in [9.17, 15) is 18.8 Å². The van der Waals surface area contributed by atoms with E-state index in [1.165, 1.54) is 24.4 Å². The fourth-order valence-electron chi connectivity index (χ4n) is 2.58. The molecule has 0 aliphatic heterocycles. The summed E-state index contributed by atoms with van der Waals surface area (Å²) in [4.78, 5) is 40.3. The molecule has 2 rings (SSSR count). The molecule has 0 aliphatic carbocycles. The van der Waals surface area contributed by atoms with Gasteiger partial charge in [0.15, 0.2) is 0 Å². The van der Waals surface area contributed by atoms with Gasteiger partial charge in [-0.2, -0.15) is 0 Å². The van der Waals surface area contributed by atoms with Crippen LogP contribution in [0.2, 0.25) is 0 Å². The topological polar surface area (TPSA) is 94.6 Å². The molecule has 8 heteroatoms. The van der Waals surface area contributed by atoms with Gasteiger partial charge >= 0.3 is 11.9 Å². The van der Waals surface area contributed by atoms with Crippen molar-refractivity contribution in [3.05, 3.63) is 54.0 Å². The minimum Gasteiger partial charge on any atom is -0.466 e. The van der Waals surface area contributed by atoms with Crippen LogP contribution in [0.4, 0.5) is 4.39 Å². The number of ether oxygens (including phenoxy) is 2. The van der Waals surface area contributed by atoms with Gasteiger partial charge in [0.2, 0.25) is 0 Å². The number of hydrogen-bond donors (Lipinski definition) is 1.